The van der Waals surface area contributed by atoms with Gasteiger partial charge in [0.15, 0.2) is 0 Å². The van der Waals surface area contributed by atoms with E-state index in [9.17, 15) is 9.59 Å². The molecule has 3 nitrogen and oxygen atoms in total. The third-order valence-corrected chi connectivity index (χ3v) is 3.65. The maximum absolute atomic E-state index is 10.9. The fourth-order valence-corrected chi connectivity index (χ4v) is 2.84. The minimum Gasteiger partial charge on any atom is -0.342 e. The Kier molecular flexibility index (Phi) is 2.64. The summed E-state index contributed by atoms with van der Waals surface area (Å²) in [6.45, 7) is 0. The fourth-order valence-electron chi connectivity index (χ4n) is 2.49. The van der Waals surface area contributed by atoms with E-state index in [1.54, 1.807) is 18.2 Å². The molecule has 0 aliphatic heterocycles. The Morgan fingerprint density at radius 2 is 1.68 bits per heavy atom. The van der Waals surface area contributed by atoms with E-state index in [0.29, 0.717) is 16.1 Å². The quantitative estimate of drug-likeness (QED) is 0.668. The van der Waals surface area contributed by atoms with E-state index in [1.165, 1.54) is 0 Å². The van der Waals surface area contributed by atoms with Gasteiger partial charge < -0.3 is 4.57 Å². The molecule has 0 radical (unpaired) electrons. The Labute approximate surface area is 114 Å². The highest BCUT2D eigenvalue weighted by Crippen LogP contribution is 2.33. The second-order valence-electron chi connectivity index (χ2n) is 4.47. The summed E-state index contributed by atoms with van der Waals surface area (Å²) >= 11 is 6.24. The number of rotatable bonds is 2. The van der Waals surface area contributed by atoms with Crippen molar-refractivity contribution in [2.75, 3.05) is 0 Å². The Morgan fingerprint density at radius 3 is 2.37 bits per heavy atom. The van der Waals surface area contributed by atoms with Gasteiger partial charge in [-0.05, 0) is 30.3 Å². The molecule has 0 spiro atoms. The van der Waals surface area contributed by atoms with E-state index in [2.05, 4.69) is 0 Å². The van der Waals surface area contributed by atoms with Crippen LogP contribution in [0.25, 0.3) is 21.8 Å². The SMILES string of the molecule is Cn1c2ccc(C=O)cc2c2cc(C=O)cc(Cl)c21. The molecule has 0 atom stereocenters. The first-order chi connectivity index (χ1) is 9.15. The lowest BCUT2D eigenvalue weighted by molar-refractivity contribution is 0.111. The number of aryl methyl sites for hydroxylation is 1. The van der Waals surface area contributed by atoms with Crippen LogP contribution in [0.3, 0.4) is 0 Å². The summed E-state index contributed by atoms with van der Waals surface area (Å²) in [6, 6.07) is 8.91. The van der Waals surface area contributed by atoms with E-state index < -0.39 is 0 Å². The molecule has 0 fully saturated rings. The number of benzene rings is 2. The zero-order chi connectivity index (χ0) is 13.6. The Morgan fingerprint density at radius 1 is 1.00 bits per heavy atom. The number of aldehydes is 2. The highest BCUT2D eigenvalue weighted by molar-refractivity contribution is 6.36. The molecular weight excluding hydrogens is 262 g/mol. The molecule has 1 aromatic heterocycles. The summed E-state index contributed by atoms with van der Waals surface area (Å²) in [5.74, 6) is 0. The topological polar surface area (TPSA) is 39.1 Å². The molecule has 0 saturated heterocycles. The normalized spacial score (nSPS) is 11.1. The van der Waals surface area contributed by atoms with Crippen LogP contribution in [0.5, 0.6) is 0 Å². The van der Waals surface area contributed by atoms with Gasteiger partial charge in [0.2, 0.25) is 0 Å². The first kappa shape index (κ1) is 11.9. The minimum absolute atomic E-state index is 0.529. The van der Waals surface area contributed by atoms with Gasteiger partial charge in [-0.2, -0.15) is 0 Å². The van der Waals surface area contributed by atoms with Crippen molar-refractivity contribution in [1.82, 2.24) is 4.57 Å². The summed E-state index contributed by atoms with van der Waals surface area (Å²) < 4.78 is 1.97. The summed E-state index contributed by atoms with van der Waals surface area (Å²) in [4.78, 5) is 21.8. The second-order valence-corrected chi connectivity index (χ2v) is 4.88. The number of carbonyl (C=O) groups is 2. The zero-order valence-electron chi connectivity index (χ0n) is 10.2. The number of aromatic nitrogens is 1. The van der Waals surface area contributed by atoms with E-state index in [-0.39, 0.29) is 0 Å². The van der Waals surface area contributed by atoms with Gasteiger partial charge in [0.25, 0.3) is 0 Å². The third kappa shape index (κ3) is 1.66. The van der Waals surface area contributed by atoms with E-state index >= 15 is 0 Å². The summed E-state index contributed by atoms with van der Waals surface area (Å²) in [5, 5.41) is 2.34. The zero-order valence-corrected chi connectivity index (χ0v) is 10.9. The van der Waals surface area contributed by atoms with Crippen LogP contribution in [0.1, 0.15) is 20.7 Å². The van der Waals surface area contributed by atoms with E-state index in [0.717, 1.165) is 34.4 Å². The van der Waals surface area contributed by atoms with Crippen molar-refractivity contribution in [3.05, 3.63) is 46.5 Å². The first-order valence-corrected chi connectivity index (χ1v) is 6.15. The van der Waals surface area contributed by atoms with E-state index in [4.69, 9.17) is 11.6 Å². The van der Waals surface area contributed by atoms with Crippen LogP contribution >= 0.6 is 11.6 Å². The predicted molar refractivity (Wildman–Crippen MR) is 76.2 cm³/mol. The number of nitrogens with zero attached hydrogens (tertiary/aromatic N) is 1. The van der Waals surface area contributed by atoms with Crippen molar-refractivity contribution in [2.24, 2.45) is 7.05 Å². The number of hydrogen-bond donors (Lipinski definition) is 0. The molecule has 0 amide bonds. The van der Waals surface area contributed by atoms with Gasteiger partial charge >= 0.3 is 0 Å². The Balaban J connectivity index is 2.56. The summed E-state index contributed by atoms with van der Waals surface area (Å²) in [7, 11) is 1.91. The molecule has 19 heavy (non-hydrogen) atoms. The largest absolute Gasteiger partial charge is 0.342 e. The lowest BCUT2D eigenvalue weighted by Crippen LogP contribution is -1.88. The summed E-state index contributed by atoms with van der Waals surface area (Å²) in [5.41, 5.74) is 2.98. The van der Waals surface area contributed by atoms with Crippen LogP contribution in [0.15, 0.2) is 30.3 Å². The lowest BCUT2D eigenvalue weighted by Gasteiger charge is -2.00. The molecule has 4 heteroatoms. The van der Waals surface area contributed by atoms with Crippen molar-refractivity contribution in [2.45, 2.75) is 0 Å². The third-order valence-electron chi connectivity index (χ3n) is 3.37. The number of carbonyl (C=O) groups excluding carboxylic acids is 2. The molecule has 0 unspecified atom stereocenters. The van der Waals surface area contributed by atoms with Crippen LogP contribution in [0.2, 0.25) is 5.02 Å². The van der Waals surface area contributed by atoms with Gasteiger partial charge in [0.1, 0.15) is 12.6 Å². The molecule has 3 rings (SSSR count). The van der Waals surface area contributed by atoms with Gasteiger partial charge in [0, 0.05) is 34.5 Å². The molecule has 1 heterocycles. The molecule has 94 valence electrons. The van der Waals surface area contributed by atoms with Crippen molar-refractivity contribution in [1.29, 1.82) is 0 Å². The standard InChI is InChI=1S/C15H10ClNO2/c1-17-14-3-2-9(7-18)4-11(14)12-5-10(8-19)6-13(16)15(12)17/h2-8H,1H3. The Bertz CT molecular complexity index is 833. The highest BCUT2D eigenvalue weighted by atomic mass is 35.5. The molecule has 0 saturated carbocycles. The first-order valence-electron chi connectivity index (χ1n) is 5.77. The van der Waals surface area contributed by atoms with Crippen molar-refractivity contribution >= 4 is 46.0 Å². The molecule has 0 bridgehead atoms. The monoisotopic (exact) mass is 271 g/mol. The average Bonchev–Trinajstić information content (AvgIpc) is 2.72. The van der Waals surface area contributed by atoms with Crippen LogP contribution in [0, 0.1) is 0 Å². The van der Waals surface area contributed by atoms with Crippen molar-refractivity contribution in [3.63, 3.8) is 0 Å². The smallest absolute Gasteiger partial charge is 0.150 e. The number of hydrogen-bond acceptors (Lipinski definition) is 2. The van der Waals surface area contributed by atoms with Crippen LogP contribution in [0.4, 0.5) is 0 Å². The molecule has 0 aliphatic carbocycles. The number of fused-ring (bicyclic) bond motifs is 3. The van der Waals surface area contributed by atoms with E-state index in [1.807, 2.05) is 23.7 Å². The van der Waals surface area contributed by atoms with Crippen LogP contribution in [-0.2, 0) is 7.05 Å². The van der Waals surface area contributed by atoms with Crippen molar-refractivity contribution in [3.8, 4) is 0 Å². The maximum Gasteiger partial charge on any atom is 0.150 e. The Hall–Kier alpha value is -2.13. The van der Waals surface area contributed by atoms with Gasteiger partial charge in [-0.15, -0.1) is 0 Å². The number of halogens is 1. The highest BCUT2D eigenvalue weighted by Gasteiger charge is 2.12. The lowest BCUT2D eigenvalue weighted by atomic mass is 10.1. The fraction of sp³-hybridized carbons (Fsp3) is 0.0667. The molecule has 0 aliphatic rings. The predicted octanol–water partition coefficient (Wildman–Crippen LogP) is 3.61. The van der Waals surface area contributed by atoms with Gasteiger partial charge in [-0.25, -0.2) is 0 Å². The second kappa shape index (κ2) is 4.21. The van der Waals surface area contributed by atoms with Gasteiger partial charge in [-0.1, -0.05) is 11.6 Å². The minimum atomic E-state index is 0.529. The molecular formula is C15H10ClNO2. The van der Waals surface area contributed by atoms with Crippen LogP contribution in [-0.4, -0.2) is 17.1 Å². The maximum atomic E-state index is 10.9. The van der Waals surface area contributed by atoms with Gasteiger partial charge in [-0.3, -0.25) is 9.59 Å². The molecule has 3 aromatic rings. The molecule has 0 N–H and O–H groups in total. The van der Waals surface area contributed by atoms with Crippen LogP contribution < -0.4 is 0 Å². The average molecular weight is 272 g/mol. The van der Waals surface area contributed by atoms with Gasteiger partial charge in [0.05, 0.1) is 10.5 Å². The van der Waals surface area contributed by atoms with Crippen molar-refractivity contribution < 1.29 is 9.59 Å². The summed E-state index contributed by atoms with van der Waals surface area (Å²) in [6.07, 6.45) is 1.58. The molecule has 2 aromatic carbocycles.